The van der Waals surface area contributed by atoms with Crippen molar-refractivity contribution in [2.75, 3.05) is 4.90 Å². The predicted octanol–water partition coefficient (Wildman–Crippen LogP) is 17.7. The third-order valence-corrected chi connectivity index (χ3v) is 13.0. The molecule has 0 aliphatic carbocycles. The van der Waals surface area contributed by atoms with Gasteiger partial charge in [-0.2, -0.15) is 0 Å². The second-order valence-corrected chi connectivity index (χ2v) is 16.9. The van der Waals surface area contributed by atoms with E-state index in [1.54, 1.807) is 0 Å². The lowest BCUT2D eigenvalue weighted by Gasteiger charge is -2.27. The minimum Gasteiger partial charge on any atom is -0.310 e. The van der Waals surface area contributed by atoms with Crippen LogP contribution in [0.4, 0.5) is 17.1 Å². The third kappa shape index (κ3) is 7.12. The first-order valence-electron chi connectivity index (χ1n) is 22.7. The number of hydrogen-bond acceptors (Lipinski definition) is 1. The molecule has 0 N–H and O–H groups in total. The predicted molar refractivity (Wildman–Crippen MR) is 280 cm³/mol. The summed E-state index contributed by atoms with van der Waals surface area (Å²) in [5.74, 6) is 0. The normalized spacial score (nSPS) is 11.3. The number of aromatic nitrogens is 1. The fraction of sp³-hybridized carbons (Fsp3) is 0. The lowest BCUT2D eigenvalue weighted by atomic mass is 9.94. The van der Waals surface area contributed by atoms with Gasteiger partial charge in [-0.25, -0.2) is 0 Å². The Morgan fingerprint density at radius 1 is 0.242 bits per heavy atom. The zero-order valence-corrected chi connectivity index (χ0v) is 36.3. The van der Waals surface area contributed by atoms with Gasteiger partial charge in [-0.05, 0) is 122 Å². The van der Waals surface area contributed by atoms with Crippen LogP contribution in [0.3, 0.4) is 0 Å². The van der Waals surface area contributed by atoms with E-state index >= 15 is 0 Å². The van der Waals surface area contributed by atoms with Crippen molar-refractivity contribution in [1.29, 1.82) is 0 Å². The zero-order chi connectivity index (χ0) is 43.8. The van der Waals surface area contributed by atoms with Gasteiger partial charge in [-0.3, -0.25) is 0 Å². The van der Waals surface area contributed by atoms with Gasteiger partial charge in [0.15, 0.2) is 0 Å². The second kappa shape index (κ2) is 16.8. The number of nitrogens with zero attached hydrogens (tertiary/aromatic N) is 2. The van der Waals surface area contributed by atoms with E-state index in [0.29, 0.717) is 0 Å². The van der Waals surface area contributed by atoms with E-state index in [4.69, 9.17) is 0 Å². The van der Waals surface area contributed by atoms with Crippen LogP contribution in [0.15, 0.2) is 267 Å². The maximum absolute atomic E-state index is 2.39. The van der Waals surface area contributed by atoms with Gasteiger partial charge in [-0.15, -0.1) is 0 Å². The molecule has 2 nitrogen and oxygen atoms in total. The Morgan fingerprint density at radius 3 is 1.26 bits per heavy atom. The molecule has 0 saturated heterocycles. The molecule has 1 heterocycles. The number of benzene rings is 11. The third-order valence-electron chi connectivity index (χ3n) is 13.0. The Morgan fingerprint density at radius 2 is 0.652 bits per heavy atom. The molecule has 66 heavy (non-hydrogen) atoms. The molecule has 12 aromatic rings. The van der Waals surface area contributed by atoms with E-state index in [2.05, 4.69) is 276 Å². The number of hydrogen-bond donors (Lipinski definition) is 0. The first-order chi connectivity index (χ1) is 32.7. The largest absolute Gasteiger partial charge is 0.310 e. The maximum atomic E-state index is 2.39. The summed E-state index contributed by atoms with van der Waals surface area (Å²) in [7, 11) is 0. The summed E-state index contributed by atoms with van der Waals surface area (Å²) in [6.45, 7) is 0. The van der Waals surface area contributed by atoms with Crippen molar-refractivity contribution < 1.29 is 0 Å². The molecule has 0 saturated carbocycles. The summed E-state index contributed by atoms with van der Waals surface area (Å²) < 4.78 is 2.39. The highest BCUT2D eigenvalue weighted by Gasteiger charge is 2.18. The standard InChI is InChI=1S/C64H44N2/c1-4-14-45(15-5-1)49-32-37-55(38-33-49)65(54-18-8-3-9-19-54)63-43-41-57(58-20-10-11-21-59(58)63)52-30-28-48(29-31-52)47-24-26-51(27-25-47)53-36-42-64-61(44-53)60-22-12-13-23-62(60)66(64)56-39-34-50(35-40-56)46-16-6-2-7-17-46/h1-44H. The van der Waals surface area contributed by atoms with Crippen LogP contribution in [-0.2, 0) is 0 Å². The highest BCUT2D eigenvalue weighted by molar-refractivity contribution is 6.11. The molecule has 0 aliphatic heterocycles. The number of para-hydroxylation sites is 2. The Kier molecular flexibility index (Phi) is 9.89. The van der Waals surface area contributed by atoms with Crippen LogP contribution >= 0.6 is 0 Å². The summed E-state index contributed by atoms with van der Waals surface area (Å²) in [4.78, 5) is 2.37. The summed E-state index contributed by atoms with van der Waals surface area (Å²) in [5, 5.41) is 4.92. The van der Waals surface area contributed by atoms with Gasteiger partial charge in [-0.1, -0.05) is 206 Å². The van der Waals surface area contributed by atoms with Crippen LogP contribution in [0.5, 0.6) is 0 Å². The Bertz CT molecular complexity index is 3630. The van der Waals surface area contributed by atoms with Crippen molar-refractivity contribution in [3.63, 3.8) is 0 Å². The summed E-state index contributed by atoms with van der Waals surface area (Å²) in [6, 6.07) is 96.7. The van der Waals surface area contributed by atoms with E-state index < -0.39 is 0 Å². The van der Waals surface area contributed by atoms with E-state index in [1.165, 1.54) is 88.2 Å². The highest BCUT2D eigenvalue weighted by atomic mass is 15.1. The van der Waals surface area contributed by atoms with E-state index in [1.807, 2.05) is 0 Å². The summed E-state index contributed by atoms with van der Waals surface area (Å²) >= 11 is 0. The van der Waals surface area contributed by atoms with Gasteiger partial charge in [0.2, 0.25) is 0 Å². The lowest BCUT2D eigenvalue weighted by molar-refractivity contribution is 1.18. The van der Waals surface area contributed by atoms with Crippen LogP contribution in [0.1, 0.15) is 0 Å². The van der Waals surface area contributed by atoms with Gasteiger partial charge in [0.05, 0.1) is 16.7 Å². The first kappa shape index (κ1) is 38.9. The quantitative estimate of drug-likeness (QED) is 0.141. The molecule has 0 radical (unpaired) electrons. The van der Waals surface area contributed by atoms with E-state index in [9.17, 15) is 0 Å². The van der Waals surface area contributed by atoms with Crippen LogP contribution < -0.4 is 4.90 Å². The second-order valence-electron chi connectivity index (χ2n) is 16.9. The molecular formula is C64H44N2. The smallest absolute Gasteiger partial charge is 0.0541 e. The average molecular weight is 841 g/mol. The molecule has 2 heteroatoms. The molecular weight excluding hydrogens is 797 g/mol. The first-order valence-corrected chi connectivity index (χ1v) is 22.7. The lowest BCUT2D eigenvalue weighted by Crippen LogP contribution is -2.10. The molecule has 0 fully saturated rings. The Balaban J connectivity index is 0.833. The molecule has 1 aromatic heterocycles. The van der Waals surface area contributed by atoms with Crippen molar-refractivity contribution in [2.24, 2.45) is 0 Å². The minimum atomic E-state index is 1.11. The van der Waals surface area contributed by atoms with Crippen LogP contribution in [0.25, 0.3) is 93.9 Å². The van der Waals surface area contributed by atoms with Crippen molar-refractivity contribution in [3.8, 4) is 61.3 Å². The topological polar surface area (TPSA) is 8.17 Å². The summed E-state index contributed by atoms with van der Waals surface area (Å²) in [6.07, 6.45) is 0. The zero-order valence-electron chi connectivity index (χ0n) is 36.3. The molecule has 0 atom stereocenters. The van der Waals surface area contributed by atoms with Gasteiger partial charge in [0.25, 0.3) is 0 Å². The van der Waals surface area contributed by atoms with Crippen LogP contribution in [0, 0.1) is 0 Å². The molecule has 310 valence electrons. The van der Waals surface area contributed by atoms with Gasteiger partial charge in [0.1, 0.15) is 0 Å². The number of fused-ring (bicyclic) bond motifs is 4. The maximum Gasteiger partial charge on any atom is 0.0541 e. The monoisotopic (exact) mass is 840 g/mol. The molecule has 12 rings (SSSR count). The summed E-state index contributed by atoms with van der Waals surface area (Å²) in [5.41, 5.74) is 19.0. The van der Waals surface area contributed by atoms with E-state index in [0.717, 1.165) is 22.7 Å². The molecule has 11 aromatic carbocycles. The molecule has 0 spiro atoms. The molecule has 0 bridgehead atoms. The highest BCUT2D eigenvalue weighted by Crippen LogP contribution is 2.43. The average Bonchev–Trinajstić information content (AvgIpc) is 3.74. The number of anilines is 3. The fourth-order valence-electron chi connectivity index (χ4n) is 9.73. The van der Waals surface area contributed by atoms with Gasteiger partial charge >= 0.3 is 0 Å². The van der Waals surface area contributed by atoms with Crippen molar-refractivity contribution in [1.82, 2.24) is 4.57 Å². The van der Waals surface area contributed by atoms with Crippen molar-refractivity contribution in [2.45, 2.75) is 0 Å². The van der Waals surface area contributed by atoms with Gasteiger partial charge in [0, 0.05) is 33.2 Å². The van der Waals surface area contributed by atoms with Gasteiger partial charge < -0.3 is 9.47 Å². The van der Waals surface area contributed by atoms with Crippen LogP contribution in [-0.4, -0.2) is 4.57 Å². The van der Waals surface area contributed by atoms with E-state index in [-0.39, 0.29) is 0 Å². The minimum absolute atomic E-state index is 1.11. The Labute approximate surface area is 385 Å². The Hall–Kier alpha value is -8.72. The van der Waals surface area contributed by atoms with Crippen LogP contribution in [0.2, 0.25) is 0 Å². The fourth-order valence-corrected chi connectivity index (χ4v) is 9.73. The van der Waals surface area contributed by atoms with Crippen molar-refractivity contribution in [3.05, 3.63) is 267 Å². The number of rotatable bonds is 9. The molecule has 0 amide bonds. The molecule has 0 unspecified atom stereocenters. The SMILES string of the molecule is c1ccc(-c2ccc(N(c3ccccc3)c3ccc(-c4ccc(-c5ccc(-c6ccc7c(c6)c6ccccc6n7-c6ccc(-c7ccccc7)cc6)cc5)cc4)c4ccccc34)cc2)cc1. The van der Waals surface area contributed by atoms with Crippen molar-refractivity contribution >= 4 is 49.6 Å². The molecule has 0 aliphatic rings.